The van der Waals surface area contributed by atoms with Crippen LogP contribution in [0.5, 0.6) is 0 Å². The van der Waals surface area contributed by atoms with Crippen LogP contribution in [0.3, 0.4) is 0 Å². The summed E-state index contributed by atoms with van der Waals surface area (Å²) in [6.07, 6.45) is 0. The monoisotopic (exact) mass is 145 g/mol. The molecule has 0 aliphatic rings. The Morgan fingerprint density at radius 1 is 1.70 bits per heavy atom. The first-order valence-electron chi connectivity index (χ1n) is 2.98. The Morgan fingerprint density at radius 2 is 2.20 bits per heavy atom. The largest absolute Gasteiger partial charge is 0.367 e. The van der Waals surface area contributed by atoms with E-state index in [0.717, 1.165) is 0 Å². The molecule has 0 rings (SSSR count). The first kappa shape index (κ1) is 8.87. The number of amidine groups is 1. The summed E-state index contributed by atoms with van der Waals surface area (Å²) < 4.78 is 0. The molecule has 0 fully saturated rings. The molecule has 0 aliphatic heterocycles. The topological polar surface area (TPSA) is 67.5 Å². The molecule has 58 valence electrons. The minimum absolute atomic E-state index is 0.184. The Bertz CT molecular complexity index is 153. The van der Waals surface area contributed by atoms with Crippen molar-refractivity contribution in [3.63, 3.8) is 0 Å². The zero-order valence-corrected chi connectivity index (χ0v) is 6.29. The van der Waals surface area contributed by atoms with Crippen LogP contribution in [-0.4, -0.2) is 16.9 Å². The van der Waals surface area contributed by atoms with Crippen molar-refractivity contribution in [1.29, 1.82) is 0 Å². The maximum atomic E-state index is 9.77. The van der Waals surface area contributed by atoms with Crippen molar-refractivity contribution in [3.05, 3.63) is 10.1 Å². The fourth-order valence-electron chi connectivity index (χ4n) is 0.569. The molecule has 0 aromatic heterocycles. The van der Waals surface area contributed by atoms with E-state index in [4.69, 9.17) is 0 Å². The van der Waals surface area contributed by atoms with Gasteiger partial charge in [-0.05, 0) is 20.8 Å². The fraction of sp³-hybridized carbons (Fsp3) is 0.800. The molecule has 0 heterocycles. The normalized spacial score (nSPS) is 11.8. The van der Waals surface area contributed by atoms with Crippen molar-refractivity contribution < 1.29 is 5.03 Å². The SMILES string of the molecule is C/C(=N\[N+](=O)[O-])NC(C)C. The van der Waals surface area contributed by atoms with Gasteiger partial charge in [0.1, 0.15) is 0 Å². The molecule has 0 saturated carbocycles. The summed E-state index contributed by atoms with van der Waals surface area (Å²) in [4.78, 5) is 9.77. The van der Waals surface area contributed by atoms with Crippen molar-refractivity contribution in [1.82, 2.24) is 5.32 Å². The van der Waals surface area contributed by atoms with Crippen LogP contribution in [0.2, 0.25) is 0 Å². The minimum Gasteiger partial charge on any atom is -0.367 e. The summed E-state index contributed by atoms with van der Waals surface area (Å²) in [5, 5.41) is 14.9. The van der Waals surface area contributed by atoms with Gasteiger partial charge in [0.15, 0.2) is 10.9 Å². The molecular weight excluding hydrogens is 134 g/mol. The second-order valence-electron chi connectivity index (χ2n) is 2.22. The van der Waals surface area contributed by atoms with Crippen LogP contribution in [-0.2, 0) is 0 Å². The van der Waals surface area contributed by atoms with E-state index in [-0.39, 0.29) is 6.04 Å². The third-order valence-electron chi connectivity index (χ3n) is 0.729. The van der Waals surface area contributed by atoms with Gasteiger partial charge in [0, 0.05) is 6.04 Å². The second kappa shape index (κ2) is 3.81. The Kier molecular flexibility index (Phi) is 3.38. The number of nitrogens with zero attached hydrogens (tertiary/aromatic N) is 2. The summed E-state index contributed by atoms with van der Waals surface area (Å²) in [5.74, 6) is 0.333. The molecule has 10 heavy (non-hydrogen) atoms. The maximum absolute atomic E-state index is 9.77. The van der Waals surface area contributed by atoms with Gasteiger partial charge >= 0.3 is 0 Å². The molecule has 5 heteroatoms. The van der Waals surface area contributed by atoms with Gasteiger partial charge in [-0.3, -0.25) is 0 Å². The number of nitro groups is 1. The Labute approximate surface area is 59.3 Å². The Balaban J connectivity index is 3.83. The summed E-state index contributed by atoms with van der Waals surface area (Å²) >= 11 is 0. The quantitative estimate of drug-likeness (QED) is 0.267. The smallest absolute Gasteiger partial charge is 0.192 e. The van der Waals surface area contributed by atoms with E-state index in [9.17, 15) is 10.1 Å². The van der Waals surface area contributed by atoms with Gasteiger partial charge in [0.05, 0.1) is 5.10 Å². The number of hydrogen-bond acceptors (Lipinski definition) is 2. The standard InChI is InChI=1S/C5H11N3O2/c1-4(2)6-5(3)7-8(9)10/h4H,1-3H3,(H,6,7). The van der Waals surface area contributed by atoms with Crippen LogP contribution in [0.4, 0.5) is 0 Å². The predicted octanol–water partition coefficient (Wildman–Crippen LogP) is 0.594. The molecule has 0 aliphatic carbocycles. The van der Waals surface area contributed by atoms with E-state index in [2.05, 4.69) is 10.4 Å². The summed E-state index contributed by atoms with van der Waals surface area (Å²) in [6.45, 7) is 5.33. The molecule has 0 saturated heterocycles. The van der Waals surface area contributed by atoms with Crippen LogP contribution >= 0.6 is 0 Å². The minimum atomic E-state index is -0.718. The zero-order valence-electron chi connectivity index (χ0n) is 6.29. The molecule has 0 radical (unpaired) electrons. The Hall–Kier alpha value is -1.13. The molecule has 0 bridgehead atoms. The lowest BCUT2D eigenvalue weighted by Gasteiger charge is -2.04. The number of hydrazone groups is 1. The number of hydrogen-bond donors (Lipinski definition) is 1. The van der Waals surface area contributed by atoms with Crippen LogP contribution in [0.25, 0.3) is 0 Å². The van der Waals surface area contributed by atoms with Gasteiger partial charge in [0.25, 0.3) is 0 Å². The highest BCUT2D eigenvalue weighted by Crippen LogP contribution is 1.79. The van der Waals surface area contributed by atoms with Gasteiger partial charge in [-0.15, -0.1) is 0 Å². The van der Waals surface area contributed by atoms with Crippen LogP contribution < -0.4 is 5.32 Å². The first-order chi connectivity index (χ1) is 4.52. The van der Waals surface area contributed by atoms with E-state index in [1.807, 2.05) is 13.8 Å². The van der Waals surface area contributed by atoms with Gasteiger partial charge in [0.2, 0.25) is 0 Å². The maximum Gasteiger partial charge on any atom is 0.192 e. The lowest BCUT2D eigenvalue weighted by molar-refractivity contribution is -0.485. The van der Waals surface area contributed by atoms with Gasteiger partial charge in [-0.2, -0.15) is 0 Å². The van der Waals surface area contributed by atoms with Crippen LogP contribution in [0, 0.1) is 10.1 Å². The van der Waals surface area contributed by atoms with E-state index in [1.165, 1.54) is 0 Å². The number of rotatable bonds is 2. The fourth-order valence-corrected chi connectivity index (χ4v) is 0.569. The van der Waals surface area contributed by atoms with Crippen LogP contribution in [0.15, 0.2) is 5.10 Å². The molecule has 0 amide bonds. The first-order valence-corrected chi connectivity index (χ1v) is 2.98. The molecular formula is C5H11N3O2. The van der Waals surface area contributed by atoms with E-state index in [1.54, 1.807) is 6.92 Å². The highest BCUT2D eigenvalue weighted by molar-refractivity contribution is 5.78. The van der Waals surface area contributed by atoms with Gasteiger partial charge in [-0.25, -0.2) is 10.1 Å². The highest BCUT2D eigenvalue weighted by atomic mass is 16.7. The van der Waals surface area contributed by atoms with Gasteiger partial charge < -0.3 is 5.32 Å². The third kappa shape index (κ3) is 5.02. The average molecular weight is 145 g/mol. The summed E-state index contributed by atoms with van der Waals surface area (Å²) in [6, 6.07) is 0.184. The van der Waals surface area contributed by atoms with Crippen molar-refractivity contribution >= 4 is 5.84 Å². The van der Waals surface area contributed by atoms with Gasteiger partial charge in [-0.1, -0.05) is 0 Å². The van der Waals surface area contributed by atoms with Crippen molar-refractivity contribution in [3.8, 4) is 0 Å². The third-order valence-corrected chi connectivity index (χ3v) is 0.729. The highest BCUT2D eigenvalue weighted by Gasteiger charge is 1.97. The molecule has 0 unspecified atom stereocenters. The molecule has 1 N–H and O–H groups in total. The molecule has 5 nitrogen and oxygen atoms in total. The molecule has 0 atom stereocenters. The molecule has 0 spiro atoms. The number of nitrogens with one attached hydrogen (secondary N) is 1. The van der Waals surface area contributed by atoms with E-state index >= 15 is 0 Å². The predicted molar refractivity (Wildman–Crippen MR) is 38.4 cm³/mol. The van der Waals surface area contributed by atoms with E-state index < -0.39 is 5.03 Å². The molecule has 0 aromatic rings. The van der Waals surface area contributed by atoms with Crippen molar-refractivity contribution in [2.45, 2.75) is 26.8 Å². The summed E-state index contributed by atoms with van der Waals surface area (Å²) in [7, 11) is 0. The average Bonchev–Trinajstić information content (AvgIpc) is 1.58. The summed E-state index contributed by atoms with van der Waals surface area (Å²) in [5.41, 5.74) is 0. The Morgan fingerprint density at radius 3 is 2.50 bits per heavy atom. The zero-order chi connectivity index (χ0) is 8.15. The lowest BCUT2D eigenvalue weighted by atomic mass is 10.4. The lowest BCUT2D eigenvalue weighted by Crippen LogP contribution is -2.28. The van der Waals surface area contributed by atoms with E-state index in [0.29, 0.717) is 5.84 Å². The van der Waals surface area contributed by atoms with Crippen molar-refractivity contribution in [2.24, 2.45) is 5.10 Å². The van der Waals surface area contributed by atoms with Crippen molar-refractivity contribution in [2.75, 3.05) is 0 Å². The van der Waals surface area contributed by atoms with Crippen LogP contribution in [0.1, 0.15) is 20.8 Å². The molecule has 0 aromatic carbocycles. The second-order valence-corrected chi connectivity index (χ2v) is 2.22.